The predicted octanol–water partition coefficient (Wildman–Crippen LogP) is 2.06. The second-order valence-electron chi connectivity index (χ2n) is 5.62. The standard InChI is InChI=1S/C19H32N2O5/c1-2-3-9-21-18-6-4-17(5-7-18)19(22)26-16-15-25-14-13-24-12-11-23-10-8-20/h4-7,21H,2-3,8-16,20H2,1H3. The van der Waals surface area contributed by atoms with Crippen LogP contribution in [0.1, 0.15) is 30.1 Å². The van der Waals surface area contributed by atoms with Gasteiger partial charge in [-0.3, -0.25) is 0 Å². The summed E-state index contributed by atoms with van der Waals surface area (Å²) >= 11 is 0. The summed E-state index contributed by atoms with van der Waals surface area (Å²) in [5.74, 6) is -0.345. The molecule has 0 saturated carbocycles. The molecule has 0 heterocycles. The Morgan fingerprint density at radius 2 is 1.50 bits per heavy atom. The summed E-state index contributed by atoms with van der Waals surface area (Å²) in [6.07, 6.45) is 2.27. The summed E-state index contributed by atoms with van der Waals surface area (Å²) in [6, 6.07) is 7.30. The average molecular weight is 368 g/mol. The summed E-state index contributed by atoms with van der Waals surface area (Å²) < 4.78 is 21.0. The van der Waals surface area contributed by atoms with Gasteiger partial charge in [-0.25, -0.2) is 4.79 Å². The van der Waals surface area contributed by atoms with Crippen LogP contribution in [0.4, 0.5) is 5.69 Å². The van der Waals surface area contributed by atoms with Gasteiger partial charge in [0.15, 0.2) is 0 Å². The molecule has 1 aromatic carbocycles. The second kappa shape index (κ2) is 15.6. The molecule has 0 atom stereocenters. The smallest absolute Gasteiger partial charge is 0.338 e. The molecule has 148 valence electrons. The number of carbonyl (C=O) groups is 1. The van der Waals surface area contributed by atoms with Crippen LogP contribution in [0.15, 0.2) is 24.3 Å². The minimum Gasteiger partial charge on any atom is -0.460 e. The number of rotatable bonds is 16. The molecule has 0 radical (unpaired) electrons. The Morgan fingerprint density at radius 1 is 0.923 bits per heavy atom. The molecule has 0 saturated heterocycles. The quantitative estimate of drug-likeness (QED) is 0.341. The van der Waals surface area contributed by atoms with Crippen LogP contribution in [0.25, 0.3) is 0 Å². The van der Waals surface area contributed by atoms with Crippen LogP contribution in [-0.4, -0.2) is 65.3 Å². The van der Waals surface area contributed by atoms with Crippen molar-refractivity contribution in [3.63, 3.8) is 0 Å². The Balaban J connectivity index is 2.02. The highest BCUT2D eigenvalue weighted by Gasteiger charge is 2.06. The van der Waals surface area contributed by atoms with Crippen LogP contribution in [0, 0.1) is 0 Å². The lowest BCUT2D eigenvalue weighted by atomic mass is 10.2. The Labute approximate surface area is 156 Å². The molecule has 0 unspecified atom stereocenters. The third-order valence-corrected chi connectivity index (χ3v) is 3.45. The molecule has 0 spiro atoms. The highest BCUT2D eigenvalue weighted by Crippen LogP contribution is 2.10. The highest BCUT2D eigenvalue weighted by molar-refractivity contribution is 5.89. The third kappa shape index (κ3) is 11.0. The summed E-state index contributed by atoms with van der Waals surface area (Å²) in [6.45, 7) is 6.68. The molecule has 3 N–H and O–H groups in total. The van der Waals surface area contributed by atoms with E-state index in [4.69, 9.17) is 24.7 Å². The second-order valence-corrected chi connectivity index (χ2v) is 5.62. The van der Waals surface area contributed by atoms with E-state index in [1.165, 1.54) is 0 Å². The molecule has 0 aliphatic carbocycles. The van der Waals surface area contributed by atoms with Crippen LogP contribution >= 0.6 is 0 Å². The maximum Gasteiger partial charge on any atom is 0.338 e. The Kier molecular flexibility index (Phi) is 13.4. The van der Waals surface area contributed by atoms with Crippen molar-refractivity contribution in [2.45, 2.75) is 19.8 Å². The molecule has 26 heavy (non-hydrogen) atoms. The summed E-state index contributed by atoms with van der Waals surface area (Å²) in [7, 11) is 0. The maximum absolute atomic E-state index is 11.9. The Morgan fingerprint density at radius 3 is 2.08 bits per heavy atom. The molecular weight excluding hydrogens is 336 g/mol. The number of ether oxygens (including phenoxy) is 4. The zero-order valence-corrected chi connectivity index (χ0v) is 15.7. The van der Waals surface area contributed by atoms with Crippen molar-refractivity contribution < 1.29 is 23.7 Å². The largest absolute Gasteiger partial charge is 0.460 e. The molecule has 7 nitrogen and oxygen atoms in total. The average Bonchev–Trinajstić information content (AvgIpc) is 2.66. The number of unbranched alkanes of at least 4 members (excludes halogenated alkanes) is 1. The molecule has 0 aliphatic rings. The van der Waals surface area contributed by atoms with Gasteiger partial charge < -0.3 is 30.0 Å². The van der Waals surface area contributed by atoms with E-state index in [1.807, 2.05) is 12.1 Å². The van der Waals surface area contributed by atoms with Crippen LogP contribution < -0.4 is 11.1 Å². The van der Waals surface area contributed by atoms with E-state index in [9.17, 15) is 4.79 Å². The SMILES string of the molecule is CCCCNc1ccc(C(=O)OCCOCCOCCOCCN)cc1. The minimum absolute atomic E-state index is 0.217. The fourth-order valence-corrected chi connectivity index (χ4v) is 2.04. The van der Waals surface area contributed by atoms with Gasteiger partial charge in [0.1, 0.15) is 6.61 Å². The highest BCUT2D eigenvalue weighted by atomic mass is 16.6. The minimum atomic E-state index is -0.345. The third-order valence-electron chi connectivity index (χ3n) is 3.45. The first-order valence-electron chi connectivity index (χ1n) is 9.22. The van der Waals surface area contributed by atoms with Gasteiger partial charge in [-0.1, -0.05) is 13.3 Å². The van der Waals surface area contributed by atoms with E-state index in [0.29, 0.717) is 51.7 Å². The summed E-state index contributed by atoms with van der Waals surface area (Å²) in [5.41, 5.74) is 6.84. The Hall–Kier alpha value is -1.67. The van der Waals surface area contributed by atoms with Gasteiger partial charge in [-0.05, 0) is 30.7 Å². The van der Waals surface area contributed by atoms with Crippen LogP contribution in [0.3, 0.4) is 0 Å². The molecule has 0 bridgehead atoms. The monoisotopic (exact) mass is 368 g/mol. The fourth-order valence-electron chi connectivity index (χ4n) is 2.04. The lowest BCUT2D eigenvalue weighted by Crippen LogP contribution is -2.15. The van der Waals surface area contributed by atoms with Crippen molar-refractivity contribution in [3.8, 4) is 0 Å². The predicted molar refractivity (Wildman–Crippen MR) is 102 cm³/mol. The normalized spacial score (nSPS) is 10.7. The topological polar surface area (TPSA) is 92.0 Å². The number of hydrogen-bond donors (Lipinski definition) is 2. The molecule has 0 amide bonds. The van der Waals surface area contributed by atoms with Crippen LogP contribution in [-0.2, 0) is 18.9 Å². The first-order chi connectivity index (χ1) is 12.8. The van der Waals surface area contributed by atoms with Gasteiger partial charge in [0.25, 0.3) is 0 Å². The van der Waals surface area contributed by atoms with Crippen molar-refractivity contribution in [1.29, 1.82) is 0 Å². The van der Waals surface area contributed by atoms with Crippen molar-refractivity contribution in [1.82, 2.24) is 0 Å². The van der Waals surface area contributed by atoms with Crippen molar-refractivity contribution >= 4 is 11.7 Å². The lowest BCUT2D eigenvalue weighted by Gasteiger charge is -2.08. The van der Waals surface area contributed by atoms with Gasteiger partial charge in [0.2, 0.25) is 0 Å². The molecule has 1 aromatic rings. The number of esters is 1. The lowest BCUT2D eigenvalue weighted by molar-refractivity contribution is 0.00132. The molecule has 0 aliphatic heterocycles. The molecule has 0 fully saturated rings. The molecule has 7 heteroatoms. The Bertz CT molecular complexity index is 468. The fraction of sp³-hybridized carbons (Fsp3) is 0.632. The maximum atomic E-state index is 11.9. The van der Waals surface area contributed by atoms with Crippen molar-refractivity contribution in [3.05, 3.63) is 29.8 Å². The first-order valence-corrected chi connectivity index (χ1v) is 9.22. The number of nitrogens with two attached hydrogens (primary N) is 1. The number of hydrogen-bond acceptors (Lipinski definition) is 7. The van der Waals surface area contributed by atoms with Gasteiger partial charge in [-0.15, -0.1) is 0 Å². The van der Waals surface area contributed by atoms with E-state index in [1.54, 1.807) is 12.1 Å². The van der Waals surface area contributed by atoms with Gasteiger partial charge in [0.05, 0.1) is 45.2 Å². The number of nitrogens with one attached hydrogen (secondary N) is 1. The number of benzene rings is 1. The zero-order chi connectivity index (χ0) is 18.9. The van der Waals surface area contributed by atoms with E-state index in [-0.39, 0.29) is 12.6 Å². The first kappa shape index (κ1) is 22.4. The summed E-state index contributed by atoms with van der Waals surface area (Å²) in [5, 5.41) is 3.31. The number of carbonyl (C=O) groups excluding carboxylic acids is 1. The molecule has 1 rings (SSSR count). The van der Waals surface area contributed by atoms with Gasteiger partial charge >= 0.3 is 5.97 Å². The number of anilines is 1. The van der Waals surface area contributed by atoms with Crippen LogP contribution in [0.2, 0.25) is 0 Å². The van der Waals surface area contributed by atoms with E-state index in [2.05, 4.69) is 12.2 Å². The van der Waals surface area contributed by atoms with E-state index < -0.39 is 0 Å². The van der Waals surface area contributed by atoms with Crippen molar-refractivity contribution in [2.75, 3.05) is 64.7 Å². The summed E-state index contributed by atoms with van der Waals surface area (Å²) in [4.78, 5) is 11.9. The zero-order valence-electron chi connectivity index (χ0n) is 15.7. The van der Waals surface area contributed by atoms with Gasteiger partial charge in [-0.2, -0.15) is 0 Å². The van der Waals surface area contributed by atoms with Crippen molar-refractivity contribution in [2.24, 2.45) is 5.73 Å². The van der Waals surface area contributed by atoms with E-state index in [0.717, 1.165) is 25.1 Å². The molecular formula is C19H32N2O5. The van der Waals surface area contributed by atoms with Crippen LogP contribution in [0.5, 0.6) is 0 Å². The van der Waals surface area contributed by atoms with E-state index >= 15 is 0 Å². The molecule has 0 aromatic heterocycles. The van der Waals surface area contributed by atoms with Gasteiger partial charge in [0, 0.05) is 18.8 Å².